The molecule has 2 aromatic heterocycles. The van der Waals surface area contributed by atoms with Gasteiger partial charge < -0.3 is 34.7 Å². The number of aromatic nitrogens is 2. The zero-order chi connectivity index (χ0) is 55.8. The van der Waals surface area contributed by atoms with Crippen LogP contribution in [0.1, 0.15) is 105 Å². The van der Waals surface area contributed by atoms with Crippen molar-refractivity contribution in [3.8, 4) is 5.88 Å². The van der Waals surface area contributed by atoms with Crippen LogP contribution < -0.4 is 24.6 Å². The van der Waals surface area contributed by atoms with E-state index in [1.165, 1.54) is 41.6 Å². The number of aliphatic hydroxyl groups is 1. The number of nitro groups is 1. The Morgan fingerprint density at radius 2 is 1.74 bits per heavy atom. The minimum absolute atomic E-state index is 0.0142. The molecule has 6 aromatic rings. The number of aromatic amines is 1. The molecule has 80 heavy (non-hydrogen) atoms. The first-order valence-corrected chi connectivity index (χ1v) is 29.2. The third-order valence-corrected chi connectivity index (χ3v) is 19.1. The highest BCUT2D eigenvalue weighted by molar-refractivity contribution is 7.90. The summed E-state index contributed by atoms with van der Waals surface area (Å²) in [7, 11) is -4.71. The minimum atomic E-state index is -4.71. The zero-order valence-corrected chi connectivity index (χ0v) is 45.8. The molecule has 3 saturated heterocycles. The average molecular weight is 1120 g/mol. The molecule has 6 heterocycles. The van der Waals surface area contributed by atoms with E-state index in [1.807, 2.05) is 11.0 Å². The Hall–Kier alpha value is -6.78. The Morgan fingerprint density at radius 3 is 2.50 bits per heavy atom. The molecule has 4 N–H and O–H groups in total. The molecule has 4 aliphatic heterocycles. The summed E-state index contributed by atoms with van der Waals surface area (Å²) >= 11 is 0. The maximum absolute atomic E-state index is 15.4. The number of nitro benzene ring substituents is 1. The highest BCUT2D eigenvalue weighted by Crippen LogP contribution is 2.54. The van der Waals surface area contributed by atoms with Gasteiger partial charge in [-0.1, -0.05) is 44.2 Å². The summed E-state index contributed by atoms with van der Waals surface area (Å²) in [6.45, 7) is 11.4. The average Bonchev–Trinajstić information content (AvgIpc) is 2.55. The number of pyridine rings is 1. The Balaban J connectivity index is 0.819. The topological polar surface area (TPSA) is 199 Å². The monoisotopic (exact) mass is 1120 g/mol. The number of fused-ring (bicyclic) bond motifs is 3. The standard InChI is InChI=1S/C59H66F3N9O8S/c1-35(2)41-6-4-5-7-42(41)53-31-67(30-37-8-12-45(60)46(61)22-37)19-20-69(53)39-26-59(27-39)33-68(34-59)38-9-11-43(50(23-38)70-49-16-21-78-32-54(49)79-57-52(70)25-44-47(62)29-64-55(44)65-57)56(72)66-80(76,77)40-10-13-48(51(24-40)71(74)75)63-28-36-14-17-58(3,73)18-15-36/h4-13,22-25,29,35-36,39,49,53-54,63,73H,14-21,26-28,30-34H2,1-3H3,(H,64,65)(H,66,72)/t36?,49-,53-,54-,58?/m0/s1. The number of benzene rings is 4. The van der Waals surface area contributed by atoms with Crippen LogP contribution in [0.15, 0.2) is 96.0 Å². The highest BCUT2D eigenvalue weighted by Gasteiger charge is 2.55. The van der Waals surface area contributed by atoms with E-state index >= 15 is 4.39 Å². The third kappa shape index (κ3) is 10.3. The van der Waals surface area contributed by atoms with E-state index < -0.39 is 66.6 Å². The van der Waals surface area contributed by atoms with Crippen LogP contribution in [0.2, 0.25) is 0 Å². The number of nitrogens with one attached hydrogen (secondary N) is 3. The normalized spacial score (nSPS) is 24.2. The van der Waals surface area contributed by atoms with Crippen molar-refractivity contribution in [1.82, 2.24) is 24.5 Å². The third-order valence-electron chi connectivity index (χ3n) is 17.7. The molecule has 5 fully saturated rings. The van der Waals surface area contributed by atoms with Gasteiger partial charge in [0.2, 0.25) is 5.88 Å². The number of anilines is 4. The van der Waals surface area contributed by atoms with Gasteiger partial charge >= 0.3 is 0 Å². The van der Waals surface area contributed by atoms with E-state index in [4.69, 9.17) is 9.47 Å². The quantitative estimate of drug-likeness (QED) is 0.0594. The van der Waals surface area contributed by atoms with Crippen LogP contribution in [0.25, 0.3) is 11.0 Å². The number of hydrogen-bond acceptors (Lipinski definition) is 14. The van der Waals surface area contributed by atoms with Crippen molar-refractivity contribution >= 4 is 55.4 Å². The summed E-state index contributed by atoms with van der Waals surface area (Å²) in [4.78, 5) is 42.7. The molecule has 21 heteroatoms. The second kappa shape index (κ2) is 21.0. The van der Waals surface area contributed by atoms with Gasteiger partial charge in [-0.25, -0.2) is 26.3 Å². The second-order valence-electron chi connectivity index (χ2n) is 23.6. The largest absolute Gasteiger partial charge is 0.468 e. The van der Waals surface area contributed by atoms with Crippen LogP contribution in [0.5, 0.6) is 5.88 Å². The van der Waals surface area contributed by atoms with Gasteiger partial charge in [0.1, 0.15) is 28.9 Å². The fourth-order valence-electron chi connectivity index (χ4n) is 13.4. The van der Waals surface area contributed by atoms with Crippen molar-refractivity contribution in [2.24, 2.45) is 11.3 Å². The van der Waals surface area contributed by atoms with Gasteiger partial charge in [0.15, 0.2) is 11.6 Å². The number of sulfonamides is 1. The van der Waals surface area contributed by atoms with Crippen LogP contribution >= 0.6 is 0 Å². The number of H-pyrrole nitrogens is 1. The van der Waals surface area contributed by atoms with Crippen molar-refractivity contribution < 1.29 is 45.9 Å². The first-order chi connectivity index (χ1) is 38.3. The SMILES string of the molecule is CC(C)c1ccccc1[C@@H]1CN(Cc2ccc(F)c(F)c2)CCN1C1CC2(C1)CN(c1ccc(C(=O)NS(=O)(=O)c3ccc(NCC4CCC(C)(O)CC4)c([N+](=O)[O-])c3)c(N3c4cc5c(F)c[nH]c5nc4O[C@H]4COCC[C@@H]43)c1)C2. The van der Waals surface area contributed by atoms with Crippen molar-refractivity contribution in [3.05, 3.63) is 141 Å². The zero-order valence-electron chi connectivity index (χ0n) is 45.0. The van der Waals surface area contributed by atoms with Crippen molar-refractivity contribution in [1.29, 1.82) is 0 Å². The van der Waals surface area contributed by atoms with E-state index in [-0.39, 0.29) is 52.1 Å². The summed E-state index contributed by atoms with van der Waals surface area (Å²) in [5.41, 5.74) is 3.98. The number of carbonyl (C=O) groups excluding carboxylic acids is 1. The van der Waals surface area contributed by atoms with E-state index in [0.717, 1.165) is 75.7 Å². The first kappa shape index (κ1) is 53.8. The molecule has 12 rings (SSSR count). The van der Waals surface area contributed by atoms with Gasteiger partial charge in [0.05, 0.1) is 44.7 Å². The molecule has 2 saturated carbocycles. The van der Waals surface area contributed by atoms with E-state index in [9.17, 15) is 37.2 Å². The Kier molecular flexibility index (Phi) is 14.1. The molecule has 0 bridgehead atoms. The number of nitrogens with zero attached hydrogens (tertiary/aromatic N) is 6. The summed E-state index contributed by atoms with van der Waals surface area (Å²) in [6.07, 6.45) is 5.68. The number of hydrogen-bond donors (Lipinski definition) is 4. The minimum Gasteiger partial charge on any atom is -0.468 e. The fraction of sp³-hybridized carbons (Fsp3) is 0.458. The highest BCUT2D eigenvalue weighted by atomic mass is 32.2. The summed E-state index contributed by atoms with van der Waals surface area (Å²) < 4.78 is 86.6. The molecule has 1 spiro atoms. The molecular weight excluding hydrogens is 1050 g/mol. The molecular formula is C59H66F3N9O8S. The number of carbonyl (C=O) groups is 1. The lowest BCUT2D eigenvalue weighted by Crippen LogP contribution is -2.68. The Morgan fingerprint density at radius 1 is 0.950 bits per heavy atom. The molecule has 6 aliphatic rings. The van der Waals surface area contributed by atoms with Crippen LogP contribution in [0.3, 0.4) is 0 Å². The van der Waals surface area contributed by atoms with Crippen molar-refractivity contribution in [2.75, 3.05) is 67.6 Å². The van der Waals surface area contributed by atoms with Gasteiger partial charge in [0.25, 0.3) is 21.6 Å². The molecule has 0 radical (unpaired) electrons. The van der Waals surface area contributed by atoms with Gasteiger partial charge in [-0.05, 0) is 129 Å². The summed E-state index contributed by atoms with van der Waals surface area (Å²) in [5.74, 6) is -2.60. The lowest BCUT2D eigenvalue weighted by atomic mass is 9.59. The second-order valence-corrected chi connectivity index (χ2v) is 25.3. The van der Waals surface area contributed by atoms with Gasteiger partial charge in [-0.3, -0.25) is 24.7 Å². The molecule has 422 valence electrons. The molecule has 0 unspecified atom stereocenters. The predicted octanol–water partition coefficient (Wildman–Crippen LogP) is 9.70. The Labute approximate surface area is 462 Å². The molecule has 17 nitrogen and oxygen atoms in total. The van der Waals surface area contributed by atoms with Crippen LogP contribution in [-0.4, -0.2) is 120 Å². The van der Waals surface area contributed by atoms with E-state index in [2.05, 4.69) is 72.8 Å². The van der Waals surface area contributed by atoms with E-state index in [1.54, 1.807) is 31.2 Å². The number of ether oxygens (including phenoxy) is 2. The molecule has 2 aliphatic carbocycles. The maximum atomic E-state index is 15.4. The molecule has 1 amide bonds. The lowest BCUT2D eigenvalue weighted by molar-refractivity contribution is -0.384. The van der Waals surface area contributed by atoms with Crippen LogP contribution in [0.4, 0.5) is 41.6 Å². The maximum Gasteiger partial charge on any atom is 0.293 e. The predicted molar refractivity (Wildman–Crippen MR) is 296 cm³/mol. The Bertz CT molecular complexity index is 3480. The van der Waals surface area contributed by atoms with Gasteiger partial charge in [-0.15, -0.1) is 0 Å². The smallest absolute Gasteiger partial charge is 0.293 e. The van der Waals surface area contributed by atoms with Gasteiger partial charge in [0, 0.05) is 87.9 Å². The van der Waals surface area contributed by atoms with Crippen LogP contribution in [-0.2, 0) is 21.3 Å². The summed E-state index contributed by atoms with van der Waals surface area (Å²) in [6, 6.07) is 23.0. The number of rotatable bonds is 14. The van der Waals surface area contributed by atoms with Crippen molar-refractivity contribution in [2.45, 2.75) is 113 Å². The number of piperazine rings is 1. The lowest BCUT2D eigenvalue weighted by Gasteiger charge is -2.63. The summed E-state index contributed by atoms with van der Waals surface area (Å²) in [5, 5.41) is 26.1. The molecule has 4 aromatic carbocycles. The first-order valence-electron chi connectivity index (χ1n) is 27.7. The number of amides is 1. The molecule has 3 atom stereocenters. The van der Waals surface area contributed by atoms with Crippen LogP contribution in [0, 0.1) is 38.9 Å². The van der Waals surface area contributed by atoms with Gasteiger partial charge in [-0.2, -0.15) is 4.98 Å². The van der Waals surface area contributed by atoms with E-state index in [0.29, 0.717) is 62.3 Å². The fourth-order valence-corrected chi connectivity index (χ4v) is 14.4. The van der Waals surface area contributed by atoms with Crippen molar-refractivity contribution in [3.63, 3.8) is 0 Å². The number of halogens is 3.